The SMILES string of the molecule is CCCNC1CCN(CC(=O)NC(C)C)c2ccccc21. The Morgan fingerprint density at radius 2 is 2.14 bits per heavy atom. The Kier molecular flexibility index (Phi) is 5.62. The lowest BCUT2D eigenvalue weighted by Gasteiger charge is -2.36. The number of fused-ring (bicyclic) bond motifs is 1. The van der Waals surface area contributed by atoms with Crippen LogP contribution < -0.4 is 15.5 Å². The fourth-order valence-corrected chi connectivity index (χ4v) is 2.87. The highest BCUT2D eigenvalue weighted by atomic mass is 16.2. The minimum Gasteiger partial charge on any atom is -0.362 e. The van der Waals surface area contributed by atoms with E-state index in [0.29, 0.717) is 12.6 Å². The van der Waals surface area contributed by atoms with Crippen molar-refractivity contribution < 1.29 is 4.79 Å². The largest absolute Gasteiger partial charge is 0.362 e. The third-order valence-corrected chi connectivity index (χ3v) is 3.77. The summed E-state index contributed by atoms with van der Waals surface area (Å²) in [6, 6.07) is 9.03. The van der Waals surface area contributed by atoms with Gasteiger partial charge in [-0.25, -0.2) is 0 Å². The number of anilines is 1. The maximum atomic E-state index is 12.0. The van der Waals surface area contributed by atoms with Crippen molar-refractivity contribution in [3.63, 3.8) is 0 Å². The van der Waals surface area contributed by atoms with Crippen LogP contribution in [0.3, 0.4) is 0 Å². The molecule has 0 aromatic heterocycles. The van der Waals surface area contributed by atoms with E-state index in [0.717, 1.165) is 25.9 Å². The first kappa shape index (κ1) is 15.8. The predicted molar refractivity (Wildman–Crippen MR) is 87.6 cm³/mol. The van der Waals surface area contributed by atoms with Gasteiger partial charge in [0.25, 0.3) is 0 Å². The minimum atomic E-state index is 0.0970. The Hall–Kier alpha value is -1.55. The smallest absolute Gasteiger partial charge is 0.239 e. The summed E-state index contributed by atoms with van der Waals surface area (Å²) in [6.45, 7) is 8.57. The van der Waals surface area contributed by atoms with Crippen molar-refractivity contribution in [2.75, 3.05) is 24.5 Å². The molecule has 0 saturated carbocycles. The van der Waals surface area contributed by atoms with Crippen molar-refractivity contribution in [2.45, 2.75) is 45.7 Å². The van der Waals surface area contributed by atoms with Crippen molar-refractivity contribution in [1.82, 2.24) is 10.6 Å². The number of hydrogen-bond donors (Lipinski definition) is 2. The molecule has 1 aliphatic rings. The van der Waals surface area contributed by atoms with Gasteiger partial charge in [0.2, 0.25) is 5.91 Å². The average molecular weight is 289 g/mol. The lowest BCUT2D eigenvalue weighted by molar-refractivity contribution is -0.120. The summed E-state index contributed by atoms with van der Waals surface area (Å²) in [7, 11) is 0. The fourth-order valence-electron chi connectivity index (χ4n) is 2.87. The van der Waals surface area contributed by atoms with Gasteiger partial charge in [-0.3, -0.25) is 4.79 Å². The molecule has 0 aliphatic carbocycles. The van der Waals surface area contributed by atoms with E-state index in [2.05, 4.69) is 40.7 Å². The van der Waals surface area contributed by atoms with E-state index in [1.807, 2.05) is 19.9 Å². The molecule has 0 spiro atoms. The average Bonchev–Trinajstić information content (AvgIpc) is 2.45. The number of hydrogen-bond acceptors (Lipinski definition) is 3. The van der Waals surface area contributed by atoms with Gasteiger partial charge >= 0.3 is 0 Å². The Bertz CT molecular complexity index is 473. The monoisotopic (exact) mass is 289 g/mol. The highest BCUT2D eigenvalue weighted by molar-refractivity contribution is 5.82. The van der Waals surface area contributed by atoms with Gasteiger partial charge in [0.1, 0.15) is 0 Å². The van der Waals surface area contributed by atoms with E-state index < -0.39 is 0 Å². The normalized spacial score (nSPS) is 17.7. The highest BCUT2D eigenvalue weighted by Gasteiger charge is 2.25. The highest BCUT2D eigenvalue weighted by Crippen LogP contribution is 2.33. The summed E-state index contributed by atoms with van der Waals surface area (Å²) < 4.78 is 0. The van der Waals surface area contributed by atoms with Crippen molar-refractivity contribution in [2.24, 2.45) is 0 Å². The van der Waals surface area contributed by atoms with Gasteiger partial charge < -0.3 is 15.5 Å². The van der Waals surface area contributed by atoms with Crippen LogP contribution in [-0.4, -0.2) is 31.6 Å². The van der Waals surface area contributed by atoms with Crippen LogP contribution in [0.4, 0.5) is 5.69 Å². The molecular formula is C17H27N3O. The summed E-state index contributed by atoms with van der Waals surface area (Å²) >= 11 is 0. The molecule has 4 heteroatoms. The Balaban J connectivity index is 2.09. The lowest BCUT2D eigenvalue weighted by Crippen LogP contribution is -2.43. The molecule has 1 unspecified atom stereocenters. The molecule has 116 valence electrons. The van der Waals surface area contributed by atoms with E-state index in [-0.39, 0.29) is 11.9 Å². The third kappa shape index (κ3) is 4.21. The summed E-state index contributed by atoms with van der Waals surface area (Å²) in [5.41, 5.74) is 2.51. The quantitative estimate of drug-likeness (QED) is 0.845. The topological polar surface area (TPSA) is 44.4 Å². The molecule has 0 fully saturated rings. The number of carbonyl (C=O) groups excluding carboxylic acids is 1. The van der Waals surface area contributed by atoms with Gasteiger partial charge in [0.05, 0.1) is 6.54 Å². The fraction of sp³-hybridized carbons (Fsp3) is 0.588. The van der Waals surface area contributed by atoms with Crippen LogP contribution in [0.25, 0.3) is 0 Å². The zero-order valence-corrected chi connectivity index (χ0v) is 13.4. The third-order valence-electron chi connectivity index (χ3n) is 3.77. The zero-order valence-electron chi connectivity index (χ0n) is 13.4. The first-order valence-electron chi connectivity index (χ1n) is 7.98. The molecule has 1 aromatic carbocycles. The molecule has 4 nitrogen and oxygen atoms in total. The molecule has 2 rings (SSSR count). The van der Waals surface area contributed by atoms with Gasteiger partial charge in [-0.15, -0.1) is 0 Å². The molecule has 1 amide bonds. The Morgan fingerprint density at radius 3 is 2.86 bits per heavy atom. The van der Waals surface area contributed by atoms with Crippen LogP contribution in [0.1, 0.15) is 45.2 Å². The molecule has 21 heavy (non-hydrogen) atoms. The second kappa shape index (κ2) is 7.46. The van der Waals surface area contributed by atoms with E-state index >= 15 is 0 Å². The van der Waals surface area contributed by atoms with Gasteiger partial charge in [-0.1, -0.05) is 25.1 Å². The zero-order chi connectivity index (χ0) is 15.2. The van der Waals surface area contributed by atoms with Crippen LogP contribution in [-0.2, 0) is 4.79 Å². The molecular weight excluding hydrogens is 262 g/mol. The number of para-hydroxylation sites is 1. The number of carbonyl (C=O) groups is 1. The Labute approximate surface area is 127 Å². The summed E-state index contributed by atoms with van der Waals surface area (Å²) in [5, 5.41) is 6.58. The molecule has 1 heterocycles. The minimum absolute atomic E-state index is 0.0970. The maximum absolute atomic E-state index is 12.0. The van der Waals surface area contributed by atoms with Crippen molar-refractivity contribution in [3.8, 4) is 0 Å². The standard InChI is InChI=1S/C17H27N3O/c1-4-10-18-15-9-11-20(12-17(21)19-13(2)3)16-8-6-5-7-14(15)16/h5-8,13,15,18H,4,9-12H2,1-3H3,(H,19,21). The number of nitrogens with one attached hydrogen (secondary N) is 2. The van der Waals surface area contributed by atoms with Crippen molar-refractivity contribution >= 4 is 11.6 Å². The molecule has 0 bridgehead atoms. The second-order valence-electron chi connectivity index (χ2n) is 6.00. The molecule has 0 saturated heterocycles. The number of benzene rings is 1. The number of amides is 1. The molecule has 0 radical (unpaired) electrons. The van der Waals surface area contributed by atoms with E-state index in [9.17, 15) is 4.79 Å². The Morgan fingerprint density at radius 1 is 1.38 bits per heavy atom. The van der Waals surface area contributed by atoms with E-state index in [1.54, 1.807) is 0 Å². The molecule has 2 N–H and O–H groups in total. The predicted octanol–water partition coefficient (Wildman–Crippen LogP) is 2.46. The lowest BCUT2D eigenvalue weighted by atomic mass is 9.96. The van der Waals surface area contributed by atoms with E-state index in [4.69, 9.17) is 0 Å². The van der Waals surface area contributed by atoms with Gasteiger partial charge in [-0.05, 0) is 44.9 Å². The van der Waals surface area contributed by atoms with Crippen LogP contribution in [0, 0.1) is 0 Å². The molecule has 1 atom stereocenters. The first-order valence-corrected chi connectivity index (χ1v) is 7.98. The first-order chi connectivity index (χ1) is 10.1. The van der Waals surface area contributed by atoms with Crippen molar-refractivity contribution in [1.29, 1.82) is 0 Å². The molecule has 1 aromatic rings. The summed E-state index contributed by atoms with van der Waals surface area (Å²) in [6.07, 6.45) is 2.19. The molecule has 1 aliphatic heterocycles. The van der Waals surface area contributed by atoms with E-state index in [1.165, 1.54) is 11.3 Å². The van der Waals surface area contributed by atoms with Gasteiger partial charge in [-0.2, -0.15) is 0 Å². The van der Waals surface area contributed by atoms with Gasteiger partial charge in [0, 0.05) is 24.3 Å². The van der Waals surface area contributed by atoms with Crippen LogP contribution >= 0.6 is 0 Å². The van der Waals surface area contributed by atoms with Crippen LogP contribution in [0.5, 0.6) is 0 Å². The van der Waals surface area contributed by atoms with Crippen LogP contribution in [0.15, 0.2) is 24.3 Å². The van der Waals surface area contributed by atoms with Crippen LogP contribution in [0.2, 0.25) is 0 Å². The maximum Gasteiger partial charge on any atom is 0.239 e. The second-order valence-corrected chi connectivity index (χ2v) is 6.00. The summed E-state index contributed by atoms with van der Waals surface area (Å²) in [4.78, 5) is 14.2. The number of nitrogens with zero attached hydrogens (tertiary/aromatic N) is 1. The van der Waals surface area contributed by atoms with Gasteiger partial charge in [0.15, 0.2) is 0 Å². The summed E-state index contributed by atoms with van der Waals surface area (Å²) in [5.74, 6) is 0.0970. The number of rotatable bonds is 6. The van der Waals surface area contributed by atoms with Crippen molar-refractivity contribution in [3.05, 3.63) is 29.8 Å².